The fraction of sp³-hybridized carbons (Fsp3) is 0. The predicted octanol–water partition coefficient (Wildman–Crippen LogP) is -0.434. The zero-order chi connectivity index (χ0) is 7.84. The van der Waals surface area contributed by atoms with E-state index in [-0.39, 0.29) is 58.2 Å². The molecule has 12 heavy (non-hydrogen) atoms. The van der Waals surface area contributed by atoms with Crippen LogP contribution in [0.25, 0.3) is 16.0 Å². The number of hydrogen-bond acceptors (Lipinski definition) is 3. The molecule has 0 aliphatic carbocycles. The molecule has 0 unspecified atom stereocenters. The second-order valence-corrected chi connectivity index (χ2v) is 3.28. The first-order chi connectivity index (χ1) is 5.25. The van der Waals surface area contributed by atoms with E-state index in [1.165, 1.54) is 11.3 Å². The van der Waals surface area contributed by atoms with Gasteiger partial charge in [0.05, 0.1) is 0 Å². The monoisotopic (exact) mass is 249 g/mol. The van der Waals surface area contributed by atoms with Crippen LogP contribution in [0.5, 0.6) is 0 Å². The molecule has 3 nitrogen and oxygen atoms in total. The van der Waals surface area contributed by atoms with Crippen molar-refractivity contribution in [2.24, 2.45) is 0 Å². The van der Waals surface area contributed by atoms with Gasteiger partial charge < -0.3 is 16.5 Å². The van der Waals surface area contributed by atoms with Crippen molar-refractivity contribution in [2.45, 2.75) is 0 Å². The Morgan fingerprint density at radius 1 is 1.42 bits per heavy atom. The van der Waals surface area contributed by atoms with Gasteiger partial charge in [-0.05, 0) is 22.8 Å². The Labute approximate surface area is 123 Å². The number of aromatic nitrogens is 1. The molecule has 1 aromatic carbocycles. The van der Waals surface area contributed by atoms with Crippen LogP contribution >= 0.6 is 11.3 Å². The van der Waals surface area contributed by atoms with E-state index in [0.29, 0.717) is 5.13 Å². The summed E-state index contributed by atoms with van der Waals surface area (Å²) in [6.07, 6.45) is 0. The summed E-state index contributed by atoms with van der Waals surface area (Å²) < 4.78 is 0.981. The quantitative estimate of drug-likeness (QED) is 0.644. The Bertz CT molecular complexity index is 398. The van der Waals surface area contributed by atoms with Gasteiger partial charge in [0.1, 0.15) is 0 Å². The molecule has 0 atom stereocenters. The van der Waals surface area contributed by atoms with Gasteiger partial charge in [0, 0.05) is 10.4 Å². The zero-order valence-corrected chi connectivity index (χ0v) is 12.4. The average molecular weight is 250 g/mol. The summed E-state index contributed by atoms with van der Waals surface area (Å²) in [4.78, 5) is 3.98. The number of hydrogen-bond donors (Lipinski definition) is 1. The fourth-order valence-corrected chi connectivity index (χ4v) is 1.71. The van der Waals surface area contributed by atoms with E-state index in [1.54, 1.807) is 6.07 Å². The summed E-state index contributed by atoms with van der Waals surface area (Å²) >= 11 is 1.34. The van der Waals surface area contributed by atoms with Crippen molar-refractivity contribution in [3.8, 4) is 0 Å². The molecule has 2 aromatic rings. The Hall–Kier alpha value is 0.515. The van der Waals surface area contributed by atoms with Gasteiger partial charge in [0.15, 0.2) is 0 Å². The number of nitrogens with two attached hydrogens (primary N) is 1. The molecule has 0 saturated carbocycles. The van der Waals surface area contributed by atoms with E-state index in [1.807, 2.05) is 12.1 Å². The minimum Gasteiger partial charge on any atom is -0.473 e. The van der Waals surface area contributed by atoms with E-state index >= 15 is 0 Å². The van der Waals surface area contributed by atoms with Crippen molar-refractivity contribution >= 4 is 32.4 Å². The molecular weight excluding hydrogens is 244 g/mol. The van der Waals surface area contributed by atoms with Crippen molar-refractivity contribution in [2.75, 3.05) is 5.73 Å². The molecule has 0 amide bonds. The molecule has 0 fully saturated rings. The Morgan fingerprint density at radius 3 is 2.92 bits per heavy atom. The van der Waals surface area contributed by atoms with Crippen molar-refractivity contribution in [3.63, 3.8) is 0 Å². The van der Waals surface area contributed by atoms with Crippen molar-refractivity contribution < 1.29 is 58.2 Å². The molecule has 0 bridgehead atoms. The van der Waals surface area contributed by atoms with Gasteiger partial charge >= 0.3 is 58.2 Å². The minimum atomic E-state index is 0. The second kappa shape index (κ2) is 4.15. The van der Waals surface area contributed by atoms with E-state index in [0.717, 1.165) is 15.9 Å². The molecule has 0 spiro atoms. The van der Waals surface area contributed by atoms with Gasteiger partial charge in [-0.3, -0.25) is 0 Å². The number of thiazole rings is 1. The van der Waals surface area contributed by atoms with Gasteiger partial charge in [-0.25, -0.2) is 0 Å². The SMILES string of the molecule is [NH-]c1nc2ccc(N)cc2s1.[Rb+]. The summed E-state index contributed by atoms with van der Waals surface area (Å²) in [7, 11) is 0. The van der Waals surface area contributed by atoms with Crippen LogP contribution in [0.4, 0.5) is 10.8 Å². The third-order valence-corrected chi connectivity index (χ3v) is 2.24. The molecule has 0 saturated heterocycles. The average Bonchev–Trinajstić information content (AvgIpc) is 2.27. The fourth-order valence-electron chi connectivity index (χ4n) is 0.941. The van der Waals surface area contributed by atoms with Gasteiger partial charge in [0.2, 0.25) is 0 Å². The summed E-state index contributed by atoms with van der Waals surface area (Å²) in [5, 5.41) is 0.339. The first-order valence-electron chi connectivity index (χ1n) is 3.13. The molecule has 0 aliphatic heterocycles. The Kier molecular flexibility index (Phi) is 3.66. The van der Waals surface area contributed by atoms with Crippen LogP contribution in [0.3, 0.4) is 0 Å². The number of nitrogen functional groups attached to an aromatic ring is 1. The van der Waals surface area contributed by atoms with E-state index in [9.17, 15) is 0 Å². The number of anilines is 1. The topological polar surface area (TPSA) is 62.7 Å². The van der Waals surface area contributed by atoms with Crippen LogP contribution in [0, 0.1) is 0 Å². The summed E-state index contributed by atoms with van der Waals surface area (Å²) in [5.74, 6) is 0. The number of rotatable bonds is 0. The molecule has 3 N–H and O–H groups in total. The third kappa shape index (κ3) is 2.06. The normalized spacial score (nSPS) is 9.67. The van der Waals surface area contributed by atoms with Crippen molar-refractivity contribution in [1.82, 2.24) is 4.98 Å². The van der Waals surface area contributed by atoms with Gasteiger partial charge in [-0.2, -0.15) is 0 Å². The molecule has 5 heteroatoms. The van der Waals surface area contributed by atoms with Crippen molar-refractivity contribution in [1.29, 1.82) is 0 Å². The molecule has 1 aromatic heterocycles. The summed E-state index contributed by atoms with van der Waals surface area (Å²) in [6.45, 7) is 0. The minimum absolute atomic E-state index is 0. The van der Waals surface area contributed by atoms with Crippen LogP contribution in [0.1, 0.15) is 0 Å². The van der Waals surface area contributed by atoms with Crippen LogP contribution in [-0.2, 0) is 0 Å². The second-order valence-electron chi connectivity index (χ2n) is 2.25. The molecule has 0 radical (unpaired) electrons. The zero-order valence-electron chi connectivity index (χ0n) is 6.66. The summed E-state index contributed by atoms with van der Waals surface area (Å²) in [5.41, 5.74) is 14.4. The van der Waals surface area contributed by atoms with E-state index in [4.69, 9.17) is 11.5 Å². The number of nitrogens with zero attached hydrogens (tertiary/aromatic N) is 1. The smallest absolute Gasteiger partial charge is 0.473 e. The van der Waals surface area contributed by atoms with Gasteiger partial charge in [0.25, 0.3) is 0 Å². The first-order valence-corrected chi connectivity index (χ1v) is 3.95. The predicted molar refractivity (Wildman–Crippen MR) is 48.0 cm³/mol. The van der Waals surface area contributed by atoms with Gasteiger partial charge in [-0.1, -0.05) is 6.07 Å². The number of fused-ring (bicyclic) bond motifs is 1. The van der Waals surface area contributed by atoms with Gasteiger partial charge in [-0.15, -0.1) is 11.3 Å². The molecule has 0 aliphatic rings. The standard InChI is InChI=1S/C7H6N3S.Rb/c8-4-1-2-5-6(3-4)11-7(9)10-5;/h1-3H,8H2,(H-,9,10);/q-1;+1. The largest absolute Gasteiger partial charge is 1.00 e. The Morgan fingerprint density at radius 2 is 2.17 bits per heavy atom. The Balaban J connectivity index is 0.000000720. The molecule has 56 valence electrons. The van der Waals surface area contributed by atoms with Crippen LogP contribution in [0.2, 0.25) is 0 Å². The first kappa shape index (κ1) is 10.6. The number of benzene rings is 1. The molecule has 2 rings (SSSR count). The maximum atomic E-state index is 7.26. The van der Waals surface area contributed by atoms with E-state index < -0.39 is 0 Å². The molecule has 1 heterocycles. The number of nitrogens with one attached hydrogen (secondary N) is 1. The summed E-state index contributed by atoms with van der Waals surface area (Å²) in [6, 6.07) is 5.46. The van der Waals surface area contributed by atoms with Crippen LogP contribution in [0.15, 0.2) is 18.2 Å². The van der Waals surface area contributed by atoms with Crippen LogP contribution < -0.4 is 63.9 Å². The maximum Gasteiger partial charge on any atom is 1.00 e. The van der Waals surface area contributed by atoms with Crippen LogP contribution in [-0.4, -0.2) is 4.98 Å². The molecular formula is C7H6N3RbS. The maximum absolute atomic E-state index is 7.26. The third-order valence-electron chi connectivity index (χ3n) is 1.41. The van der Waals surface area contributed by atoms with Crippen molar-refractivity contribution in [3.05, 3.63) is 23.9 Å². The van der Waals surface area contributed by atoms with E-state index in [2.05, 4.69) is 4.98 Å².